The highest BCUT2D eigenvalue weighted by Crippen LogP contribution is 2.19. The largest absolute Gasteiger partial charge is 0.286 e. The monoisotopic (exact) mass is 254 g/mol. The molecule has 0 spiro atoms. The molecule has 0 atom stereocenters. The summed E-state index contributed by atoms with van der Waals surface area (Å²) in [6, 6.07) is 15.3. The molecule has 4 heteroatoms. The SMILES string of the molecule is O=C(c1cc(-c2ccccc2)n[nH]1)c1cccs1. The van der Waals surface area contributed by atoms with E-state index >= 15 is 0 Å². The van der Waals surface area contributed by atoms with Crippen LogP contribution in [-0.4, -0.2) is 16.0 Å². The molecule has 18 heavy (non-hydrogen) atoms. The van der Waals surface area contributed by atoms with Crippen LogP contribution in [0.4, 0.5) is 0 Å². The van der Waals surface area contributed by atoms with Crippen LogP contribution in [0.5, 0.6) is 0 Å². The summed E-state index contributed by atoms with van der Waals surface area (Å²) in [5.74, 6) is -0.0142. The molecule has 0 unspecified atom stereocenters. The van der Waals surface area contributed by atoms with E-state index in [4.69, 9.17) is 0 Å². The highest BCUT2D eigenvalue weighted by molar-refractivity contribution is 7.12. The van der Waals surface area contributed by atoms with Crippen molar-refractivity contribution in [3.05, 3.63) is 64.5 Å². The molecule has 3 nitrogen and oxygen atoms in total. The van der Waals surface area contributed by atoms with Crippen LogP contribution >= 0.6 is 11.3 Å². The Balaban J connectivity index is 1.93. The molecule has 0 saturated carbocycles. The predicted octanol–water partition coefficient (Wildman–Crippen LogP) is 3.37. The van der Waals surface area contributed by atoms with Crippen LogP contribution in [0.1, 0.15) is 15.4 Å². The Labute approximate surface area is 108 Å². The van der Waals surface area contributed by atoms with Crippen LogP contribution in [0.3, 0.4) is 0 Å². The van der Waals surface area contributed by atoms with Crippen molar-refractivity contribution < 1.29 is 4.79 Å². The number of nitrogens with zero attached hydrogens (tertiary/aromatic N) is 1. The summed E-state index contributed by atoms with van der Waals surface area (Å²) in [7, 11) is 0. The number of H-pyrrole nitrogens is 1. The van der Waals surface area contributed by atoms with Crippen molar-refractivity contribution >= 4 is 17.1 Å². The van der Waals surface area contributed by atoms with Crippen molar-refractivity contribution in [1.82, 2.24) is 10.2 Å². The van der Waals surface area contributed by atoms with Gasteiger partial charge in [0.15, 0.2) is 0 Å². The van der Waals surface area contributed by atoms with E-state index in [0.29, 0.717) is 5.69 Å². The summed E-state index contributed by atoms with van der Waals surface area (Å²) in [5.41, 5.74) is 2.31. The predicted molar refractivity (Wildman–Crippen MR) is 71.8 cm³/mol. The highest BCUT2D eigenvalue weighted by Gasteiger charge is 2.13. The van der Waals surface area contributed by atoms with E-state index in [-0.39, 0.29) is 5.78 Å². The molecule has 0 radical (unpaired) electrons. The number of carbonyl (C=O) groups is 1. The fourth-order valence-corrected chi connectivity index (χ4v) is 2.41. The zero-order valence-electron chi connectivity index (χ0n) is 9.46. The minimum absolute atomic E-state index is 0.0142. The third kappa shape index (κ3) is 1.98. The van der Waals surface area contributed by atoms with E-state index < -0.39 is 0 Å². The lowest BCUT2D eigenvalue weighted by Crippen LogP contribution is -1.98. The Kier molecular flexibility index (Phi) is 2.78. The highest BCUT2D eigenvalue weighted by atomic mass is 32.1. The van der Waals surface area contributed by atoms with Gasteiger partial charge in [-0.15, -0.1) is 11.3 Å². The van der Waals surface area contributed by atoms with E-state index in [2.05, 4.69) is 10.2 Å². The van der Waals surface area contributed by atoms with E-state index in [1.807, 2.05) is 47.8 Å². The van der Waals surface area contributed by atoms with Crippen molar-refractivity contribution in [2.45, 2.75) is 0 Å². The van der Waals surface area contributed by atoms with E-state index in [1.165, 1.54) is 11.3 Å². The average molecular weight is 254 g/mol. The van der Waals surface area contributed by atoms with Crippen LogP contribution < -0.4 is 0 Å². The minimum atomic E-state index is -0.0142. The molecular weight excluding hydrogens is 244 g/mol. The smallest absolute Gasteiger partial charge is 0.220 e. The Morgan fingerprint density at radius 2 is 1.94 bits per heavy atom. The number of hydrogen-bond acceptors (Lipinski definition) is 3. The lowest BCUT2D eigenvalue weighted by atomic mass is 10.1. The van der Waals surface area contributed by atoms with Crippen LogP contribution in [0.2, 0.25) is 0 Å². The van der Waals surface area contributed by atoms with Crippen LogP contribution in [0, 0.1) is 0 Å². The zero-order chi connectivity index (χ0) is 12.4. The van der Waals surface area contributed by atoms with Crippen molar-refractivity contribution in [1.29, 1.82) is 0 Å². The molecule has 1 N–H and O–H groups in total. The fourth-order valence-electron chi connectivity index (χ4n) is 1.74. The molecule has 0 aliphatic rings. The normalized spacial score (nSPS) is 10.4. The molecule has 0 saturated heterocycles. The van der Waals surface area contributed by atoms with Crippen molar-refractivity contribution in [2.24, 2.45) is 0 Å². The molecule has 2 heterocycles. The Morgan fingerprint density at radius 3 is 2.67 bits per heavy atom. The molecule has 0 amide bonds. The molecule has 0 fully saturated rings. The number of aromatic nitrogens is 2. The summed E-state index contributed by atoms with van der Waals surface area (Å²) in [5, 5.41) is 8.87. The van der Waals surface area contributed by atoms with Gasteiger partial charge in [0.1, 0.15) is 5.69 Å². The van der Waals surface area contributed by atoms with Crippen LogP contribution in [-0.2, 0) is 0 Å². The molecule has 3 aromatic rings. The lowest BCUT2D eigenvalue weighted by molar-refractivity contribution is 0.103. The standard InChI is InChI=1S/C14H10N2OS/c17-14(13-7-4-8-18-13)12-9-11(15-16-12)10-5-2-1-3-6-10/h1-9H,(H,15,16). The number of rotatable bonds is 3. The number of nitrogens with one attached hydrogen (secondary N) is 1. The van der Waals surface area contributed by atoms with Gasteiger partial charge < -0.3 is 0 Å². The van der Waals surface area contributed by atoms with E-state index in [1.54, 1.807) is 6.07 Å². The van der Waals surface area contributed by atoms with Crippen molar-refractivity contribution in [3.8, 4) is 11.3 Å². The first kappa shape index (κ1) is 10.9. The van der Waals surface area contributed by atoms with Gasteiger partial charge in [-0.1, -0.05) is 36.4 Å². The number of benzene rings is 1. The summed E-state index contributed by atoms with van der Waals surface area (Å²) in [6.45, 7) is 0. The third-order valence-corrected chi connectivity index (χ3v) is 3.51. The van der Waals surface area contributed by atoms with Gasteiger partial charge in [-0.25, -0.2) is 0 Å². The molecule has 2 aromatic heterocycles. The molecule has 88 valence electrons. The van der Waals surface area contributed by atoms with Gasteiger partial charge in [0.2, 0.25) is 5.78 Å². The van der Waals surface area contributed by atoms with Gasteiger partial charge in [0, 0.05) is 5.56 Å². The maximum Gasteiger partial charge on any atom is 0.220 e. The maximum atomic E-state index is 12.1. The summed E-state index contributed by atoms with van der Waals surface area (Å²) >= 11 is 1.43. The lowest BCUT2D eigenvalue weighted by Gasteiger charge is -1.93. The fraction of sp³-hybridized carbons (Fsp3) is 0. The molecular formula is C14H10N2OS. The second-order valence-electron chi connectivity index (χ2n) is 3.84. The number of thiophene rings is 1. The quantitative estimate of drug-likeness (QED) is 0.728. The maximum absolute atomic E-state index is 12.1. The number of carbonyl (C=O) groups excluding carboxylic acids is 1. The first-order chi connectivity index (χ1) is 8.84. The molecule has 1 aromatic carbocycles. The van der Waals surface area contributed by atoms with Gasteiger partial charge >= 0.3 is 0 Å². The van der Waals surface area contributed by atoms with Crippen LogP contribution in [0.15, 0.2) is 53.9 Å². The summed E-state index contributed by atoms with van der Waals surface area (Å²) in [6.07, 6.45) is 0. The minimum Gasteiger partial charge on any atom is -0.286 e. The van der Waals surface area contributed by atoms with Gasteiger partial charge in [0.05, 0.1) is 10.6 Å². The Morgan fingerprint density at radius 1 is 1.11 bits per heavy atom. The Bertz CT molecular complexity index is 656. The topological polar surface area (TPSA) is 45.8 Å². The molecule has 0 aliphatic heterocycles. The number of ketones is 1. The van der Waals surface area contributed by atoms with Gasteiger partial charge in [-0.2, -0.15) is 5.10 Å². The van der Waals surface area contributed by atoms with Crippen molar-refractivity contribution in [2.75, 3.05) is 0 Å². The number of hydrogen-bond donors (Lipinski definition) is 1. The molecule has 3 rings (SSSR count). The molecule has 0 aliphatic carbocycles. The van der Waals surface area contributed by atoms with Crippen LogP contribution in [0.25, 0.3) is 11.3 Å². The van der Waals surface area contributed by atoms with Gasteiger partial charge in [-0.3, -0.25) is 9.89 Å². The molecule has 0 bridgehead atoms. The second kappa shape index (κ2) is 4.58. The average Bonchev–Trinajstić information content (AvgIpc) is 3.10. The second-order valence-corrected chi connectivity index (χ2v) is 4.79. The third-order valence-electron chi connectivity index (χ3n) is 2.64. The van der Waals surface area contributed by atoms with E-state index in [9.17, 15) is 4.79 Å². The Hall–Kier alpha value is -2.20. The van der Waals surface area contributed by atoms with Gasteiger partial charge in [0.25, 0.3) is 0 Å². The van der Waals surface area contributed by atoms with Gasteiger partial charge in [-0.05, 0) is 17.5 Å². The number of aromatic amines is 1. The van der Waals surface area contributed by atoms with E-state index in [0.717, 1.165) is 16.1 Å². The summed E-state index contributed by atoms with van der Waals surface area (Å²) in [4.78, 5) is 12.8. The summed E-state index contributed by atoms with van der Waals surface area (Å²) < 4.78 is 0. The first-order valence-electron chi connectivity index (χ1n) is 5.53. The first-order valence-corrected chi connectivity index (χ1v) is 6.41. The zero-order valence-corrected chi connectivity index (χ0v) is 10.3. The van der Waals surface area contributed by atoms with Crippen molar-refractivity contribution in [3.63, 3.8) is 0 Å².